The molecule has 5 heteroatoms. The molecule has 0 bridgehead atoms. The molecule has 106 valence electrons. The molecule has 5 nitrogen and oxygen atoms in total. The van der Waals surface area contributed by atoms with E-state index in [9.17, 15) is 4.79 Å². The van der Waals surface area contributed by atoms with Gasteiger partial charge in [-0.2, -0.15) is 15.0 Å². The highest BCUT2D eigenvalue weighted by Gasteiger charge is 2.13. The number of hydrogen-bond donors (Lipinski definition) is 0. The van der Waals surface area contributed by atoms with Gasteiger partial charge in [0.05, 0.1) is 24.0 Å². The quantitative estimate of drug-likeness (QED) is 0.835. The molecule has 0 fully saturated rings. The van der Waals surface area contributed by atoms with Crippen LogP contribution < -0.4 is 0 Å². The van der Waals surface area contributed by atoms with E-state index in [0.717, 1.165) is 12.2 Å². The van der Waals surface area contributed by atoms with Gasteiger partial charge in [0.25, 0.3) is 0 Å². The van der Waals surface area contributed by atoms with Crippen molar-refractivity contribution in [2.45, 2.75) is 20.3 Å². The first-order chi connectivity index (χ1) is 9.56. The summed E-state index contributed by atoms with van der Waals surface area (Å²) < 4.78 is 0. The minimum Gasteiger partial charge on any atom is -0.345 e. The Morgan fingerprint density at radius 2 is 2.00 bits per heavy atom. The first-order valence-electron chi connectivity index (χ1n) is 6.77. The van der Waals surface area contributed by atoms with Gasteiger partial charge < -0.3 is 4.90 Å². The number of carbonyl (C=O) groups is 1. The maximum atomic E-state index is 12.0. The Morgan fingerprint density at radius 1 is 1.30 bits per heavy atom. The number of amides is 1. The molecule has 20 heavy (non-hydrogen) atoms. The smallest absolute Gasteiger partial charge is 0.228 e. The molecule has 0 aliphatic rings. The van der Waals surface area contributed by atoms with Crippen molar-refractivity contribution in [3.63, 3.8) is 0 Å². The fraction of sp³-hybridized carbons (Fsp3) is 0.400. The van der Waals surface area contributed by atoms with Gasteiger partial charge in [-0.15, -0.1) is 0 Å². The van der Waals surface area contributed by atoms with Gasteiger partial charge in [0, 0.05) is 13.6 Å². The number of hydrogen-bond acceptors (Lipinski definition) is 3. The predicted octanol–water partition coefficient (Wildman–Crippen LogP) is 1.92. The van der Waals surface area contributed by atoms with Crippen molar-refractivity contribution in [1.82, 2.24) is 19.9 Å². The first kappa shape index (κ1) is 14.2. The Hall–Kier alpha value is -2.17. The lowest BCUT2D eigenvalue weighted by atomic mass is 10.2. The molecule has 1 aromatic heterocycles. The molecule has 0 radical (unpaired) electrons. The molecular formula is C15H20N4O. The summed E-state index contributed by atoms with van der Waals surface area (Å²) in [6.45, 7) is 4.94. The van der Waals surface area contributed by atoms with Crippen molar-refractivity contribution in [3.8, 4) is 5.69 Å². The van der Waals surface area contributed by atoms with Crippen molar-refractivity contribution < 1.29 is 4.79 Å². The summed E-state index contributed by atoms with van der Waals surface area (Å²) in [6, 6.07) is 9.66. The van der Waals surface area contributed by atoms with E-state index < -0.39 is 0 Å². The summed E-state index contributed by atoms with van der Waals surface area (Å²) in [5.41, 5.74) is 1.58. The number of rotatable bonds is 5. The summed E-state index contributed by atoms with van der Waals surface area (Å²) in [5, 5.41) is 8.53. The molecule has 0 aliphatic carbocycles. The van der Waals surface area contributed by atoms with E-state index in [4.69, 9.17) is 0 Å². The van der Waals surface area contributed by atoms with Crippen LogP contribution in [-0.2, 0) is 11.2 Å². The lowest BCUT2D eigenvalue weighted by Crippen LogP contribution is -2.31. The lowest BCUT2D eigenvalue weighted by Gasteiger charge is -2.18. The van der Waals surface area contributed by atoms with E-state index >= 15 is 0 Å². The standard InChI is InChI=1S/C15H20N4O/c1-12(2)11-18(3)15(20)9-13-10-16-19(17-13)14-7-5-4-6-8-14/h4-8,10,12H,9,11H2,1-3H3. The number of likely N-dealkylation sites (N-methyl/N-ethyl adjacent to an activating group) is 1. The van der Waals surface area contributed by atoms with Crippen LogP contribution in [0.25, 0.3) is 5.69 Å². The van der Waals surface area contributed by atoms with E-state index in [1.807, 2.05) is 37.4 Å². The number of para-hydroxylation sites is 1. The lowest BCUT2D eigenvalue weighted by molar-refractivity contribution is -0.129. The molecule has 1 heterocycles. The van der Waals surface area contributed by atoms with Crippen LogP contribution in [0.2, 0.25) is 0 Å². The zero-order valence-corrected chi connectivity index (χ0v) is 12.2. The van der Waals surface area contributed by atoms with E-state index in [1.165, 1.54) is 0 Å². The third-order valence-electron chi connectivity index (χ3n) is 2.92. The second-order valence-corrected chi connectivity index (χ2v) is 5.31. The van der Waals surface area contributed by atoms with Crippen molar-refractivity contribution in [2.75, 3.05) is 13.6 Å². The van der Waals surface area contributed by atoms with Gasteiger partial charge in [-0.05, 0) is 18.1 Å². The molecule has 1 amide bonds. The Bertz CT molecular complexity index is 562. The van der Waals surface area contributed by atoms with Crippen molar-refractivity contribution in [2.24, 2.45) is 5.92 Å². The van der Waals surface area contributed by atoms with Crippen LogP contribution >= 0.6 is 0 Å². The molecule has 0 atom stereocenters. The topological polar surface area (TPSA) is 51.0 Å². The number of benzene rings is 1. The Morgan fingerprint density at radius 3 is 2.65 bits per heavy atom. The van der Waals surface area contributed by atoms with Gasteiger partial charge in [-0.25, -0.2) is 0 Å². The molecule has 1 aromatic carbocycles. The normalized spacial score (nSPS) is 10.8. The number of nitrogens with zero attached hydrogens (tertiary/aromatic N) is 4. The second kappa shape index (κ2) is 6.32. The highest BCUT2D eigenvalue weighted by molar-refractivity contribution is 5.77. The van der Waals surface area contributed by atoms with E-state index in [-0.39, 0.29) is 12.3 Å². The Balaban J connectivity index is 2.01. The molecule has 2 aromatic rings. The van der Waals surface area contributed by atoms with Crippen LogP contribution in [0.5, 0.6) is 0 Å². The molecule has 0 N–H and O–H groups in total. The van der Waals surface area contributed by atoms with Crippen molar-refractivity contribution in [1.29, 1.82) is 0 Å². The monoisotopic (exact) mass is 272 g/mol. The second-order valence-electron chi connectivity index (χ2n) is 5.31. The van der Waals surface area contributed by atoms with Crippen molar-refractivity contribution in [3.05, 3.63) is 42.2 Å². The predicted molar refractivity (Wildman–Crippen MR) is 77.5 cm³/mol. The third-order valence-corrected chi connectivity index (χ3v) is 2.92. The van der Waals surface area contributed by atoms with Gasteiger partial charge in [-0.1, -0.05) is 32.0 Å². The maximum absolute atomic E-state index is 12.0. The summed E-state index contributed by atoms with van der Waals surface area (Å²) in [5.74, 6) is 0.530. The van der Waals surface area contributed by atoms with Crippen LogP contribution in [0.3, 0.4) is 0 Å². The van der Waals surface area contributed by atoms with Crippen LogP contribution in [0.1, 0.15) is 19.5 Å². The van der Waals surface area contributed by atoms with Crippen LogP contribution in [0.15, 0.2) is 36.5 Å². The van der Waals surface area contributed by atoms with E-state index in [0.29, 0.717) is 11.6 Å². The SMILES string of the molecule is CC(C)CN(C)C(=O)Cc1cnn(-c2ccccc2)n1. The van der Waals surface area contributed by atoms with Gasteiger partial charge in [0.1, 0.15) is 0 Å². The summed E-state index contributed by atoms with van der Waals surface area (Å²) in [6.07, 6.45) is 1.93. The average Bonchev–Trinajstić information content (AvgIpc) is 2.87. The molecular weight excluding hydrogens is 252 g/mol. The van der Waals surface area contributed by atoms with Crippen LogP contribution in [0.4, 0.5) is 0 Å². The molecule has 2 rings (SSSR count). The summed E-state index contributed by atoms with van der Waals surface area (Å²) in [4.78, 5) is 15.3. The number of carbonyl (C=O) groups excluding carboxylic acids is 1. The fourth-order valence-electron chi connectivity index (χ4n) is 2.00. The van der Waals surface area contributed by atoms with Crippen molar-refractivity contribution >= 4 is 5.91 Å². The largest absolute Gasteiger partial charge is 0.345 e. The van der Waals surface area contributed by atoms with Gasteiger partial charge >= 0.3 is 0 Å². The molecule has 0 aliphatic heterocycles. The van der Waals surface area contributed by atoms with E-state index in [1.54, 1.807) is 15.9 Å². The van der Waals surface area contributed by atoms with Gasteiger partial charge in [-0.3, -0.25) is 4.79 Å². The zero-order chi connectivity index (χ0) is 14.5. The van der Waals surface area contributed by atoms with Gasteiger partial charge in [0.2, 0.25) is 5.91 Å². The third kappa shape index (κ3) is 3.66. The minimum atomic E-state index is 0.0683. The Kier molecular flexibility index (Phi) is 4.50. The maximum Gasteiger partial charge on any atom is 0.228 e. The molecule has 0 saturated carbocycles. The highest BCUT2D eigenvalue weighted by atomic mass is 16.2. The highest BCUT2D eigenvalue weighted by Crippen LogP contribution is 2.06. The minimum absolute atomic E-state index is 0.0683. The zero-order valence-electron chi connectivity index (χ0n) is 12.2. The molecule has 0 unspecified atom stereocenters. The van der Waals surface area contributed by atoms with E-state index in [2.05, 4.69) is 24.0 Å². The Labute approximate surface area is 119 Å². The average molecular weight is 272 g/mol. The summed E-state index contributed by atoms with van der Waals surface area (Å²) in [7, 11) is 1.82. The summed E-state index contributed by atoms with van der Waals surface area (Å²) >= 11 is 0. The van der Waals surface area contributed by atoms with Crippen LogP contribution in [0, 0.1) is 5.92 Å². The van der Waals surface area contributed by atoms with Crippen LogP contribution in [-0.4, -0.2) is 39.4 Å². The first-order valence-corrected chi connectivity index (χ1v) is 6.77. The number of aromatic nitrogens is 3. The molecule has 0 saturated heterocycles. The fourth-order valence-corrected chi connectivity index (χ4v) is 2.00. The van der Waals surface area contributed by atoms with Gasteiger partial charge in [0.15, 0.2) is 0 Å². The molecule has 0 spiro atoms.